The summed E-state index contributed by atoms with van der Waals surface area (Å²) in [6.07, 6.45) is -9.84. The second kappa shape index (κ2) is 4.52. The Morgan fingerprint density at radius 3 is 2.11 bits per heavy atom. The molecule has 4 N–H and O–H groups in total. The van der Waals surface area contributed by atoms with Crippen molar-refractivity contribution >= 4 is 5.69 Å². The topological polar surface area (TPSA) is 74.2 Å². The van der Waals surface area contributed by atoms with Gasteiger partial charge >= 0.3 is 12.5 Å². The van der Waals surface area contributed by atoms with Gasteiger partial charge in [-0.2, -0.15) is 13.2 Å². The summed E-state index contributed by atoms with van der Waals surface area (Å²) in [5.41, 5.74) is 7.43. The summed E-state index contributed by atoms with van der Waals surface area (Å²) < 4.78 is 76.9. The third-order valence-electron chi connectivity index (χ3n) is 1.86. The quantitative estimate of drug-likeness (QED) is 0.810. The standard InChI is InChI=1S/C8H7F6N3O/c9-7(10,11)6-5(18-8(12,13)14)3(1-15)4(16)2-17-6/h2H,1,15-16H2. The minimum atomic E-state index is -5.31. The first-order valence-electron chi connectivity index (χ1n) is 4.36. The zero-order valence-corrected chi connectivity index (χ0v) is 8.56. The number of alkyl halides is 6. The van der Waals surface area contributed by atoms with Crippen LogP contribution in [0.15, 0.2) is 6.20 Å². The van der Waals surface area contributed by atoms with E-state index in [1.54, 1.807) is 0 Å². The van der Waals surface area contributed by atoms with E-state index in [2.05, 4.69) is 9.72 Å². The Bertz CT molecular complexity index is 442. The molecule has 1 aromatic heterocycles. The molecule has 18 heavy (non-hydrogen) atoms. The van der Waals surface area contributed by atoms with Crippen LogP contribution in [0.1, 0.15) is 11.3 Å². The molecule has 0 bridgehead atoms. The third kappa shape index (κ3) is 3.15. The van der Waals surface area contributed by atoms with Gasteiger partial charge in [-0.25, -0.2) is 4.98 Å². The number of nitrogen functional groups attached to an aromatic ring is 1. The smallest absolute Gasteiger partial charge is 0.403 e. The molecule has 1 aromatic rings. The number of aromatic nitrogens is 1. The molecular weight excluding hydrogens is 268 g/mol. The molecule has 0 radical (unpaired) electrons. The lowest BCUT2D eigenvalue weighted by molar-refractivity contribution is -0.276. The van der Waals surface area contributed by atoms with Crippen molar-refractivity contribution in [3.8, 4) is 5.75 Å². The summed E-state index contributed by atoms with van der Waals surface area (Å²) in [7, 11) is 0. The molecule has 0 spiro atoms. The summed E-state index contributed by atoms with van der Waals surface area (Å²) in [5, 5.41) is 0. The SMILES string of the molecule is NCc1c(N)cnc(C(F)(F)F)c1OC(F)(F)F. The average Bonchev–Trinajstić information content (AvgIpc) is 2.13. The second-order valence-corrected chi connectivity index (χ2v) is 3.12. The first kappa shape index (κ1) is 14.4. The molecule has 0 aliphatic heterocycles. The van der Waals surface area contributed by atoms with Crippen LogP contribution in [-0.4, -0.2) is 11.3 Å². The van der Waals surface area contributed by atoms with E-state index in [0.29, 0.717) is 6.20 Å². The summed E-state index contributed by atoms with van der Waals surface area (Å²) in [5.74, 6) is -1.52. The van der Waals surface area contributed by atoms with Gasteiger partial charge in [0.2, 0.25) is 0 Å². The molecule has 0 fully saturated rings. The van der Waals surface area contributed by atoms with Crippen molar-refractivity contribution in [1.29, 1.82) is 0 Å². The van der Waals surface area contributed by atoms with Gasteiger partial charge in [-0.05, 0) is 0 Å². The van der Waals surface area contributed by atoms with Crippen molar-refractivity contribution in [1.82, 2.24) is 4.98 Å². The zero-order chi connectivity index (χ0) is 14.1. The van der Waals surface area contributed by atoms with Crippen LogP contribution < -0.4 is 16.2 Å². The molecule has 10 heteroatoms. The van der Waals surface area contributed by atoms with Gasteiger partial charge in [0.1, 0.15) is 0 Å². The molecule has 0 aromatic carbocycles. The molecule has 0 aliphatic carbocycles. The van der Waals surface area contributed by atoms with Gasteiger partial charge in [-0.1, -0.05) is 0 Å². The predicted molar refractivity (Wildman–Crippen MR) is 48.2 cm³/mol. The number of hydrogen-bond donors (Lipinski definition) is 2. The minimum absolute atomic E-state index is 0.412. The summed E-state index contributed by atoms with van der Waals surface area (Å²) >= 11 is 0. The Hall–Kier alpha value is -1.71. The molecule has 0 amide bonds. The molecule has 0 aliphatic rings. The van der Waals surface area contributed by atoms with E-state index in [-0.39, 0.29) is 0 Å². The molecule has 0 saturated carbocycles. The molecular formula is C8H7F6N3O. The molecule has 4 nitrogen and oxygen atoms in total. The number of halogens is 6. The maximum Gasteiger partial charge on any atom is 0.573 e. The lowest BCUT2D eigenvalue weighted by Gasteiger charge is -2.18. The molecule has 102 valence electrons. The van der Waals surface area contributed by atoms with Crippen molar-refractivity contribution in [2.75, 3.05) is 5.73 Å². The van der Waals surface area contributed by atoms with Gasteiger partial charge in [-0.15, -0.1) is 13.2 Å². The van der Waals surface area contributed by atoms with Crippen LogP contribution in [0.25, 0.3) is 0 Å². The fourth-order valence-electron chi connectivity index (χ4n) is 1.18. The fourth-order valence-corrected chi connectivity index (χ4v) is 1.18. The summed E-state index contributed by atoms with van der Waals surface area (Å²) in [6.45, 7) is -0.650. The first-order valence-corrected chi connectivity index (χ1v) is 4.36. The number of ether oxygens (including phenoxy) is 1. The molecule has 0 saturated heterocycles. The van der Waals surface area contributed by atoms with Crippen molar-refractivity contribution < 1.29 is 31.1 Å². The molecule has 1 heterocycles. The second-order valence-electron chi connectivity index (χ2n) is 3.12. The van der Waals surface area contributed by atoms with Crippen molar-refractivity contribution in [3.05, 3.63) is 17.5 Å². The van der Waals surface area contributed by atoms with Gasteiger partial charge in [0.25, 0.3) is 0 Å². The highest BCUT2D eigenvalue weighted by Crippen LogP contribution is 2.40. The normalized spacial score (nSPS) is 12.6. The van der Waals surface area contributed by atoms with E-state index in [9.17, 15) is 26.3 Å². The van der Waals surface area contributed by atoms with Gasteiger partial charge in [-0.3, -0.25) is 0 Å². The number of hydrogen-bond acceptors (Lipinski definition) is 4. The van der Waals surface area contributed by atoms with Crippen molar-refractivity contribution in [2.24, 2.45) is 5.73 Å². The van der Waals surface area contributed by atoms with Crippen LogP contribution in [0.4, 0.5) is 32.0 Å². The van der Waals surface area contributed by atoms with Crippen LogP contribution in [0.2, 0.25) is 0 Å². The number of nitrogens with zero attached hydrogens (tertiary/aromatic N) is 1. The zero-order valence-electron chi connectivity index (χ0n) is 8.56. The average molecular weight is 275 g/mol. The Morgan fingerprint density at radius 2 is 1.72 bits per heavy atom. The summed E-state index contributed by atoms with van der Waals surface area (Å²) in [6, 6.07) is 0. The van der Waals surface area contributed by atoms with Gasteiger partial charge < -0.3 is 16.2 Å². The first-order chi connectivity index (χ1) is 8.06. The van der Waals surface area contributed by atoms with E-state index < -0.39 is 41.8 Å². The Kier molecular flexibility index (Phi) is 3.60. The molecule has 0 atom stereocenters. The monoisotopic (exact) mass is 275 g/mol. The van der Waals surface area contributed by atoms with Crippen molar-refractivity contribution in [2.45, 2.75) is 19.1 Å². The van der Waals surface area contributed by atoms with Gasteiger partial charge in [0, 0.05) is 12.1 Å². The van der Waals surface area contributed by atoms with E-state index in [1.807, 2.05) is 0 Å². The molecule has 0 unspecified atom stereocenters. The maximum atomic E-state index is 12.5. The summed E-state index contributed by atoms with van der Waals surface area (Å²) in [4.78, 5) is 2.81. The van der Waals surface area contributed by atoms with Crippen LogP contribution in [0, 0.1) is 0 Å². The van der Waals surface area contributed by atoms with Crippen LogP contribution >= 0.6 is 0 Å². The van der Waals surface area contributed by atoms with Crippen LogP contribution in [0.3, 0.4) is 0 Å². The Morgan fingerprint density at radius 1 is 1.17 bits per heavy atom. The Labute approximate surface area is 96.5 Å². The van der Waals surface area contributed by atoms with Crippen LogP contribution in [0.5, 0.6) is 5.75 Å². The third-order valence-corrected chi connectivity index (χ3v) is 1.86. The highest BCUT2D eigenvalue weighted by molar-refractivity contribution is 5.55. The van der Waals surface area contributed by atoms with Crippen molar-refractivity contribution in [3.63, 3.8) is 0 Å². The lowest BCUT2D eigenvalue weighted by atomic mass is 10.1. The van der Waals surface area contributed by atoms with E-state index >= 15 is 0 Å². The number of pyridine rings is 1. The fraction of sp³-hybridized carbons (Fsp3) is 0.375. The number of rotatable bonds is 2. The number of anilines is 1. The van der Waals surface area contributed by atoms with Gasteiger partial charge in [0.15, 0.2) is 11.4 Å². The highest BCUT2D eigenvalue weighted by atomic mass is 19.4. The maximum absolute atomic E-state index is 12.5. The number of nitrogens with two attached hydrogens (primary N) is 2. The van der Waals surface area contributed by atoms with Crippen LogP contribution in [-0.2, 0) is 12.7 Å². The van der Waals surface area contributed by atoms with E-state index in [0.717, 1.165) is 0 Å². The lowest BCUT2D eigenvalue weighted by Crippen LogP contribution is -2.23. The highest BCUT2D eigenvalue weighted by Gasteiger charge is 2.42. The molecule has 1 rings (SSSR count). The Balaban J connectivity index is 3.45. The van der Waals surface area contributed by atoms with Gasteiger partial charge in [0.05, 0.1) is 11.9 Å². The predicted octanol–water partition coefficient (Wildman–Crippen LogP) is 2.04. The van der Waals surface area contributed by atoms with E-state index in [1.165, 1.54) is 0 Å². The minimum Gasteiger partial charge on any atom is -0.403 e. The van der Waals surface area contributed by atoms with E-state index in [4.69, 9.17) is 11.5 Å². The largest absolute Gasteiger partial charge is 0.573 e.